The van der Waals surface area contributed by atoms with Crippen LogP contribution < -0.4 is 5.73 Å². The Morgan fingerprint density at radius 3 is 2.37 bits per heavy atom. The van der Waals surface area contributed by atoms with Crippen LogP contribution in [0.15, 0.2) is 34.8 Å². The van der Waals surface area contributed by atoms with Crippen LogP contribution in [0.1, 0.15) is 28.3 Å². The molecule has 0 heterocycles. The summed E-state index contributed by atoms with van der Waals surface area (Å²) in [5.74, 6) is -0.297. The summed E-state index contributed by atoms with van der Waals surface area (Å²) in [6.45, 7) is 4.02. The van der Waals surface area contributed by atoms with Crippen molar-refractivity contribution in [3.05, 3.63) is 67.9 Å². The number of halogens is 3. The summed E-state index contributed by atoms with van der Waals surface area (Å²) < 4.78 is 13.8. The molecule has 0 aromatic heterocycles. The van der Waals surface area contributed by atoms with Crippen LogP contribution in [-0.2, 0) is 0 Å². The molecule has 2 N–H and O–H groups in total. The first-order chi connectivity index (χ1) is 8.90. The fourth-order valence-corrected chi connectivity index (χ4v) is 2.90. The van der Waals surface area contributed by atoms with Crippen LogP contribution in [0.5, 0.6) is 0 Å². The SMILES string of the molecule is Cc1cc(Cl)c(C(N)c2ccc(F)cc2Br)cc1C. The zero-order valence-electron chi connectivity index (χ0n) is 10.7. The molecular formula is C15H14BrClFN. The lowest BCUT2D eigenvalue weighted by molar-refractivity contribution is 0.625. The van der Waals surface area contributed by atoms with Crippen LogP contribution in [0, 0.1) is 19.7 Å². The fraction of sp³-hybridized carbons (Fsp3) is 0.200. The maximum atomic E-state index is 13.1. The predicted molar refractivity (Wildman–Crippen MR) is 81.1 cm³/mol. The van der Waals surface area contributed by atoms with Crippen molar-refractivity contribution in [1.82, 2.24) is 0 Å². The molecule has 0 saturated carbocycles. The Morgan fingerprint density at radius 1 is 1.11 bits per heavy atom. The first kappa shape index (κ1) is 14.5. The van der Waals surface area contributed by atoms with Gasteiger partial charge in [0.2, 0.25) is 0 Å². The molecule has 1 nitrogen and oxygen atoms in total. The largest absolute Gasteiger partial charge is 0.320 e. The average molecular weight is 343 g/mol. The summed E-state index contributed by atoms with van der Waals surface area (Å²) in [5.41, 5.74) is 10.2. The highest BCUT2D eigenvalue weighted by molar-refractivity contribution is 9.10. The van der Waals surface area contributed by atoms with Crippen molar-refractivity contribution in [3.63, 3.8) is 0 Å². The molecule has 0 aliphatic carbocycles. The van der Waals surface area contributed by atoms with Gasteiger partial charge in [0, 0.05) is 9.50 Å². The highest BCUT2D eigenvalue weighted by Gasteiger charge is 2.16. The first-order valence-corrected chi connectivity index (χ1v) is 7.04. The van der Waals surface area contributed by atoms with E-state index in [9.17, 15) is 4.39 Å². The molecule has 0 spiro atoms. The minimum absolute atomic E-state index is 0.297. The van der Waals surface area contributed by atoms with E-state index in [0.717, 1.165) is 22.3 Å². The zero-order valence-corrected chi connectivity index (χ0v) is 13.0. The van der Waals surface area contributed by atoms with Gasteiger partial charge in [-0.15, -0.1) is 0 Å². The van der Waals surface area contributed by atoms with Crippen LogP contribution in [0.25, 0.3) is 0 Å². The second kappa shape index (κ2) is 5.61. The summed E-state index contributed by atoms with van der Waals surface area (Å²) in [5, 5.41) is 0.631. The highest BCUT2D eigenvalue weighted by atomic mass is 79.9. The molecule has 2 rings (SSSR count). The molecule has 1 atom stereocenters. The number of aryl methyl sites for hydroxylation is 2. The predicted octanol–water partition coefficient (Wildman–Crippen LogP) is 4.91. The van der Waals surface area contributed by atoms with Gasteiger partial charge >= 0.3 is 0 Å². The third-order valence-corrected chi connectivity index (χ3v) is 4.26. The van der Waals surface area contributed by atoms with Crippen LogP contribution in [0.3, 0.4) is 0 Å². The second-order valence-electron chi connectivity index (χ2n) is 4.60. The van der Waals surface area contributed by atoms with Gasteiger partial charge in [-0.05, 0) is 54.3 Å². The van der Waals surface area contributed by atoms with Gasteiger partial charge < -0.3 is 5.73 Å². The lowest BCUT2D eigenvalue weighted by atomic mass is 9.96. The van der Waals surface area contributed by atoms with E-state index >= 15 is 0 Å². The zero-order chi connectivity index (χ0) is 14.2. The van der Waals surface area contributed by atoms with Crippen molar-refractivity contribution in [2.24, 2.45) is 5.73 Å². The minimum atomic E-state index is -0.387. The minimum Gasteiger partial charge on any atom is -0.320 e. The van der Waals surface area contributed by atoms with Gasteiger partial charge in [0.25, 0.3) is 0 Å². The molecule has 0 aliphatic heterocycles. The Hall–Kier alpha value is -0.900. The number of hydrogen-bond donors (Lipinski definition) is 1. The van der Waals surface area contributed by atoms with Crippen molar-refractivity contribution < 1.29 is 4.39 Å². The van der Waals surface area contributed by atoms with Crippen molar-refractivity contribution >= 4 is 27.5 Å². The van der Waals surface area contributed by atoms with E-state index in [4.69, 9.17) is 17.3 Å². The summed E-state index contributed by atoms with van der Waals surface area (Å²) >= 11 is 9.60. The van der Waals surface area contributed by atoms with E-state index < -0.39 is 0 Å². The topological polar surface area (TPSA) is 26.0 Å². The molecule has 4 heteroatoms. The summed E-state index contributed by atoms with van der Waals surface area (Å²) in [7, 11) is 0. The molecule has 2 aromatic carbocycles. The van der Waals surface area contributed by atoms with Gasteiger partial charge in [0.15, 0.2) is 0 Å². The second-order valence-corrected chi connectivity index (χ2v) is 5.86. The molecule has 19 heavy (non-hydrogen) atoms. The van der Waals surface area contributed by atoms with Crippen molar-refractivity contribution in [2.75, 3.05) is 0 Å². The number of hydrogen-bond acceptors (Lipinski definition) is 1. The van der Waals surface area contributed by atoms with Gasteiger partial charge in [0.05, 0.1) is 6.04 Å². The summed E-state index contributed by atoms with van der Waals surface area (Å²) in [4.78, 5) is 0. The Morgan fingerprint density at radius 2 is 1.74 bits per heavy atom. The monoisotopic (exact) mass is 341 g/mol. The van der Waals surface area contributed by atoms with E-state index in [0.29, 0.717) is 9.50 Å². The average Bonchev–Trinajstić information content (AvgIpc) is 2.33. The van der Waals surface area contributed by atoms with E-state index in [-0.39, 0.29) is 11.9 Å². The van der Waals surface area contributed by atoms with Gasteiger partial charge in [-0.1, -0.05) is 39.7 Å². The molecular weight excluding hydrogens is 329 g/mol. The first-order valence-electron chi connectivity index (χ1n) is 5.87. The van der Waals surface area contributed by atoms with Gasteiger partial charge in [-0.3, -0.25) is 0 Å². The standard InChI is InChI=1S/C15H14BrClFN/c1-8-5-12(14(17)6-9(8)2)15(19)11-4-3-10(18)7-13(11)16/h3-7,15H,19H2,1-2H3. The summed E-state index contributed by atoms with van der Waals surface area (Å²) in [6, 6.07) is 7.98. The van der Waals surface area contributed by atoms with E-state index in [1.165, 1.54) is 12.1 Å². The molecule has 2 aromatic rings. The molecule has 0 saturated heterocycles. The lowest BCUT2D eigenvalue weighted by Gasteiger charge is -2.17. The molecule has 0 amide bonds. The van der Waals surface area contributed by atoms with Crippen molar-refractivity contribution in [2.45, 2.75) is 19.9 Å². The van der Waals surface area contributed by atoms with Crippen LogP contribution in [0.2, 0.25) is 5.02 Å². The lowest BCUT2D eigenvalue weighted by Crippen LogP contribution is -2.13. The van der Waals surface area contributed by atoms with E-state index in [1.807, 2.05) is 26.0 Å². The van der Waals surface area contributed by atoms with Gasteiger partial charge in [0.1, 0.15) is 5.82 Å². The smallest absolute Gasteiger partial charge is 0.124 e. The fourth-order valence-electron chi connectivity index (χ4n) is 1.96. The Balaban J connectivity index is 2.49. The normalized spacial score (nSPS) is 12.5. The Bertz CT molecular complexity index is 628. The number of nitrogens with two attached hydrogens (primary N) is 1. The molecule has 0 radical (unpaired) electrons. The third kappa shape index (κ3) is 2.99. The highest BCUT2D eigenvalue weighted by Crippen LogP contribution is 2.32. The number of benzene rings is 2. The van der Waals surface area contributed by atoms with Crippen LogP contribution in [-0.4, -0.2) is 0 Å². The van der Waals surface area contributed by atoms with Crippen molar-refractivity contribution in [3.8, 4) is 0 Å². The quantitative estimate of drug-likeness (QED) is 0.825. The number of rotatable bonds is 2. The van der Waals surface area contributed by atoms with Gasteiger partial charge in [-0.2, -0.15) is 0 Å². The maximum absolute atomic E-state index is 13.1. The van der Waals surface area contributed by atoms with E-state index in [1.54, 1.807) is 6.07 Å². The third-order valence-electron chi connectivity index (χ3n) is 3.25. The van der Waals surface area contributed by atoms with Crippen LogP contribution in [0.4, 0.5) is 4.39 Å². The molecule has 100 valence electrons. The Labute approximate surface area is 125 Å². The van der Waals surface area contributed by atoms with Gasteiger partial charge in [-0.25, -0.2) is 4.39 Å². The molecule has 0 fully saturated rings. The molecule has 0 aliphatic rings. The van der Waals surface area contributed by atoms with Crippen molar-refractivity contribution in [1.29, 1.82) is 0 Å². The molecule has 0 bridgehead atoms. The molecule has 1 unspecified atom stereocenters. The maximum Gasteiger partial charge on any atom is 0.124 e. The Kier molecular flexibility index (Phi) is 4.29. The summed E-state index contributed by atoms with van der Waals surface area (Å²) in [6.07, 6.45) is 0. The van der Waals surface area contributed by atoms with Crippen LogP contribution >= 0.6 is 27.5 Å². The van der Waals surface area contributed by atoms with E-state index in [2.05, 4.69) is 15.9 Å².